The Morgan fingerprint density at radius 3 is 2.55 bits per heavy atom. The predicted molar refractivity (Wildman–Crippen MR) is 54.1 cm³/mol. The lowest BCUT2D eigenvalue weighted by Gasteiger charge is -2.07. The average molecular weight is 295 g/mol. The number of halogens is 2. The molecule has 0 aliphatic carbocycles. The van der Waals surface area contributed by atoms with Crippen LogP contribution in [0.25, 0.3) is 0 Å². The predicted octanol–water partition coefficient (Wildman–Crippen LogP) is 0.540. The molecule has 4 N–H and O–H groups in total. The topological polar surface area (TPSA) is 75.3 Å². The van der Waals surface area contributed by atoms with Gasteiger partial charge < -0.3 is 10.8 Å². The zero-order valence-corrected chi connectivity index (χ0v) is 8.89. The molecule has 0 aromatic carbocycles. The average Bonchev–Trinajstić information content (AvgIpc) is 1.89. The molecule has 0 spiro atoms. The van der Waals surface area contributed by atoms with Gasteiger partial charge in [0.05, 0.1) is 0 Å². The van der Waals surface area contributed by atoms with Gasteiger partial charge in [-0.25, -0.2) is 3.53 Å². The molecule has 0 radical (unpaired) electrons. The summed E-state index contributed by atoms with van der Waals surface area (Å²) in [5.74, 6) is -0.817. The maximum atomic E-state index is 10.3. The fraction of sp³-hybridized carbons (Fsp3) is 0.800. The lowest BCUT2D eigenvalue weighted by Crippen LogP contribution is -2.30. The Kier molecular flexibility index (Phi) is 10.8. The zero-order valence-electron chi connectivity index (χ0n) is 5.92. The van der Waals surface area contributed by atoms with E-state index < -0.39 is 12.0 Å². The third kappa shape index (κ3) is 6.79. The Morgan fingerprint density at radius 2 is 2.27 bits per heavy atom. The van der Waals surface area contributed by atoms with Crippen LogP contribution >= 0.6 is 35.3 Å². The van der Waals surface area contributed by atoms with Gasteiger partial charge in [0.2, 0.25) is 0 Å². The first kappa shape index (κ1) is 14.0. The van der Waals surface area contributed by atoms with E-state index in [1.165, 1.54) is 0 Å². The summed E-state index contributed by atoms with van der Waals surface area (Å²) in [6.45, 7) is 0.544. The zero-order chi connectivity index (χ0) is 7.98. The van der Waals surface area contributed by atoms with Crippen LogP contribution in [0.1, 0.15) is 12.8 Å². The molecule has 6 heteroatoms. The van der Waals surface area contributed by atoms with Gasteiger partial charge in [-0.05, 0) is 19.4 Å². The number of rotatable bonds is 5. The van der Waals surface area contributed by atoms with Gasteiger partial charge in [-0.15, -0.1) is 12.4 Å². The molecule has 1 unspecified atom stereocenters. The minimum absolute atomic E-state index is 0. The summed E-state index contributed by atoms with van der Waals surface area (Å²) in [7, 11) is 0. The van der Waals surface area contributed by atoms with Gasteiger partial charge in [0.25, 0.3) is 0 Å². The molecule has 0 bridgehead atoms. The summed E-state index contributed by atoms with van der Waals surface area (Å²) in [6, 6.07) is -0.454. The quantitative estimate of drug-likeness (QED) is 0.511. The van der Waals surface area contributed by atoms with Crippen LogP contribution in [0.3, 0.4) is 0 Å². The van der Waals surface area contributed by atoms with Crippen molar-refractivity contribution in [2.24, 2.45) is 5.73 Å². The van der Waals surface area contributed by atoms with E-state index in [0.29, 0.717) is 13.0 Å². The molecule has 0 aromatic heterocycles. The Hall–Kier alpha value is 0.410. The second-order valence-corrected chi connectivity index (χ2v) is 2.55. The molecule has 68 valence electrons. The maximum absolute atomic E-state index is 10.3. The van der Waals surface area contributed by atoms with Crippen molar-refractivity contribution in [3.05, 3.63) is 0 Å². The summed E-state index contributed by atoms with van der Waals surface area (Å²) < 4.78 is 2.65. The summed E-state index contributed by atoms with van der Waals surface area (Å²) in [4.78, 5) is 10.3. The van der Waals surface area contributed by atoms with Crippen molar-refractivity contribution in [2.75, 3.05) is 6.54 Å². The SMILES string of the molecule is Cl.NCCCC(NI)C(=O)O. The van der Waals surface area contributed by atoms with E-state index in [1.54, 1.807) is 0 Å². The number of carboxylic acid groups (broad SMARTS) is 1. The maximum Gasteiger partial charge on any atom is 0.321 e. The molecule has 0 heterocycles. The Bertz CT molecular complexity index is 115. The molecule has 0 saturated carbocycles. The molecular weight excluding hydrogens is 282 g/mol. The van der Waals surface area contributed by atoms with Gasteiger partial charge >= 0.3 is 5.97 Å². The molecule has 0 fully saturated rings. The van der Waals surface area contributed by atoms with Gasteiger partial charge in [-0.3, -0.25) is 4.79 Å². The first-order chi connectivity index (χ1) is 4.72. The number of hydrogen-bond acceptors (Lipinski definition) is 3. The summed E-state index contributed by atoms with van der Waals surface area (Å²) in [5.41, 5.74) is 5.21. The van der Waals surface area contributed by atoms with E-state index in [2.05, 4.69) is 3.53 Å². The number of nitrogens with one attached hydrogen (secondary N) is 1. The van der Waals surface area contributed by atoms with Gasteiger partial charge in [0.15, 0.2) is 0 Å². The van der Waals surface area contributed by atoms with E-state index in [-0.39, 0.29) is 12.4 Å². The number of hydrogen-bond donors (Lipinski definition) is 3. The monoisotopic (exact) mass is 294 g/mol. The van der Waals surface area contributed by atoms with Crippen LogP contribution < -0.4 is 9.26 Å². The third-order valence-electron chi connectivity index (χ3n) is 1.13. The lowest BCUT2D eigenvalue weighted by atomic mass is 10.2. The first-order valence-corrected chi connectivity index (χ1v) is 4.09. The van der Waals surface area contributed by atoms with E-state index in [1.807, 2.05) is 22.9 Å². The van der Waals surface area contributed by atoms with Crippen LogP contribution in [0, 0.1) is 0 Å². The smallest absolute Gasteiger partial charge is 0.321 e. The van der Waals surface area contributed by atoms with Gasteiger partial charge in [0.1, 0.15) is 6.04 Å². The number of aliphatic carboxylic acids is 1. The number of nitrogens with two attached hydrogens (primary N) is 1. The van der Waals surface area contributed by atoms with Crippen molar-refractivity contribution in [1.82, 2.24) is 3.53 Å². The fourth-order valence-corrected chi connectivity index (χ4v) is 1.12. The highest BCUT2D eigenvalue weighted by atomic mass is 127. The Balaban J connectivity index is 0. The van der Waals surface area contributed by atoms with Gasteiger partial charge in [0, 0.05) is 22.9 Å². The molecular formula is C5H12ClIN2O2. The minimum atomic E-state index is -0.817. The van der Waals surface area contributed by atoms with Gasteiger partial charge in [-0.2, -0.15) is 0 Å². The van der Waals surface area contributed by atoms with E-state index >= 15 is 0 Å². The molecule has 0 aromatic rings. The largest absolute Gasteiger partial charge is 0.480 e. The number of carboxylic acids is 1. The molecule has 0 aliphatic rings. The normalized spacial score (nSPS) is 11.8. The summed E-state index contributed by atoms with van der Waals surface area (Å²) >= 11 is 1.83. The van der Waals surface area contributed by atoms with Crippen LogP contribution in [-0.2, 0) is 4.79 Å². The molecule has 4 nitrogen and oxygen atoms in total. The molecule has 1 atom stereocenters. The minimum Gasteiger partial charge on any atom is -0.480 e. The van der Waals surface area contributed by atoms with Crippen molar-refractivity contribution < 1.29 is 9.90 Å². The standard InChI is InChI=1S/C5H11IN2O2.ClH/c6-8-4(5(9)10)2-1-3-7;/h4,8H,1-3,7H2,(H,9,10);1H. The van der Waals surface area contributed by atoms with Crippen molar-refractivity contribution in [3.8, 4) is 0 Å². The molecule has 0 rings (SSSR count). The van der Waals surface area contributed by atoms with Crippen molar-refractivity contribution in [3.63, 3.8) is 0 Å². The van der Waals surface area contributed by atoms with Crippen molar-refractivity contribution in [1.29, 1.82) is 0 Å². The molecule has 11 heavy (non-hydrogen) atoms. The third-order valence-corrected chi connectivity index (χ3v) is 1.88. The molecule has 0 aliphatic heterocycles. The highest BCUT2D eigenvalue weighted by Gasteiger charge is 2.13. The van der Waals surface area contributed by atoms with Crippen LogP contribution in [0.15, 0.2) is 0 Å². The van der Waals surface area contributed by atoms with Crippen molar-refractivity contribution in [2.45, 2.75) is 18.9 Å². The van der Waals surface area contributed by atoms with Crippen LogP contribution in [0.4, 0.5) is 0 Å². The van der Waals surface area contributed by atoms with Crippen LogP contribution in [0.5, 0.6) is 0 Å². The first-order valence-electron chi connectivity index (χ1n) is 3.01. The lowest BCUT2D eigenvalue weighted by molar-refractivity contribution is -0.138. The van der Waals surface area contributed by atoms with E-state index in [4.69, 9.17) is 10.8 Å². The van der Waals surface area contributed by atoms with Crippen molar-refractivity contribution >= 4 is 41.2 Å². The highest BCUT2D eigenvalue weighted by Crippen LogP contribution is 1.97. The van der Waals surface area contributed by atoms with Crippen LogP contribution in [-0.4, -0.2) is 23.7 Å². The molecule has 0 saturated heterocycles. The summed E-state index contributed by atoms with van der Waals surface area (Å²) in [6.07, 6.45) is 1.34. The fourth-order valence-electron chi connectivity index (χ4n) is 0.547. The van der Waals surface area contributed by atoms with E-state index in [9.17, 15) is 4.79 Å². The second-order valence-electron chi connectivity index (χ2n) is 1.93. The van der Waals surface area contributed by atoms with E-state index in [0.717, 1.165) is 6.42 Å². The Labute approximate surface area is 85.8 Å². The second kappa shape index (κ2) is 8.51. The molecule has 0 amide bonds. The number of carbonyl (C=O) groups is 1. The Morgan fingerprint density at radius 1 is 1.73 bits per heavy atom. The van der Waals surface area contributed by atoms with Gasteiger partial charge in [-0.1, -0.05) is 0 Å². The van der Waals surface area contributed by atoms with Crippen LogP contribution in [0.2, 0.25) is 0 Å². The highest BCUT2D eigenvalue weighted by molar-refractivity contribution is 14.1. The summed E-state index contributed by atoms with van der Waals surface area (Å²) in [5, 5.41) is 8.49.